The summed E-state index contributed by atoms with van der Waals surface area (Å²) < 4.78 is 0. The molecule has 5 nitrogen and oxygen atoms in total. The normalized spacial score (nSPS) is 17.0. The molecule has 3 rings (SSSR count). The van der Waals surface area contributed by atoms with E-state index in [1.54, 1.807) is 12.1 Å². The van der Waals surface area contributed by atoms with Gasteiger partial charge in [0.05, 0.1) is 11.3 Å². The van der Waals surface area contributed by atoms with Gasteiger partial charge in [-0.05, 0) is 49.1 Å². The minimum absolute atomic E-state index is 0.0216. The molecule has 5 heteroatoms. The highest BCUT2D eigenvalue weighted by molar-refractivity contribution is 6.32. The molecule has 1 heterocycles. The maximum atomic E-state index is 12.7. The third-order valence-electron chi connectivity index (χ3n) is 5.06. The Hall–Kier alpha value is -2.69. The van der Waals surface area contributed by atoms with Crippen molar-refractivity contribution >= 4 is 17.0 Å². The number of aliphatic hydroxyl groups is 1. The van der Waals surface area contributed by atoms with Crippen molar-refractivity contribution < 1.29 is 15.0 Å². The third-order valence-corrected chi connectivity index (χ3v) is 5.06. The van der Waals surface area contributed by atoms with Crippen molar-refractivity contribution in [2.45, 2.75) is 33.1 Å². The van der Waals surface area contributed by atoms with Gasteiger partial charge >= 0.3 is 0 Å². The van der Waals surface area contributed by atoms with Crippen LogP contribution in [-0.4, -0.2) is 30.0 Å². The predicted molar refractivity (Wildman–Crippen MR) is 97.2 cm³/mol. The number of hydrogen-bond acceptors (Lipinski definition) is 4. The minimum Gasteiger partial charge on any atom is -0.872 e. The highest BCUT2D eigenvalue weighted by atomic mass is 16.3. The topological polar surface area (TPSA) is 79.4 Å². The average Bonchev–Trinajstić information content (AvgIpc) is 2.83. The number of ketones is 1. The number of aromatic nitrogens is 1. The van der Waals surface area contributed by atoms with Crippen LogP contribution in [0.1, 0.15) is 40.9 Å². The Morgan fingerprint density at radius 2 is 1.96 bits per heavy atom. The van der Waals surface area contributed by atoms with Crippen LogP contribution >= 0.6 is 0 Å². The molecule has 1 aromatic carbocycles. The maximum absolute atomic E-state index is 12.7. The van der Waals surface area contributed by atoms with E-state index >= 15 is 0 Å². The first kappa shape index (κ1) is 17.1. The Morgan fingerprint density at radius 3 is 2.44 bits per heavy atom. The Labute approximate surface area is 147 Å². The summed E-state index contributed by atoms with van der Waals surface area (Å²) >= 11 is 0. The molecule has 132 valence electrons. The first-order valence-electron chi connectivity index (χ1n) is 8.41. The Bertz CT molecular complexity index is 891. The van der Waals surface area contributed by atoms with E-state index in [0.717, 1.165) is 28.9 Å². The average molecular weight is 339 g/mol. The van der Waals surface area contributed by atoms with E-state index in [-0.39, 0.29) is 17.3 Å². The number of aliphatic hydroxyl groups excluding tert-OH is 1. The van der Waals surface area contributed by atoms with Gasteiger partial charge in [-0.3, -0.25) is 4.79 Å². The fourth-order valence-electron chi connectivity index (χ4n) is 3.61. The van der Waals surface area contributed by atoms with E-state index in [9.17, 15) is 15.0 Å². The van der Waals surface area contributed by atoms with Crippen LogP contribution in [-0.2, 0) is 11.2 Å². The number of hydrogen-bond donors (Lipinski definition) is 2. The molecule has 1 aromatic heterocycles. The van der Waals surface area contributed by atoms with Crippen LogP contribution in [0.4, 0.5) is 5.69 Å². The van der Waals surface area contributed by atoms with E-state index in [2.05, 4.69) is 11.9 Å². The van der Waals surface area contributed by atoms with Gasteiger partial charge < -0.3 is 20.1 Å². The number of allylic oxidation sites excluding steroid dienone is 2. The van der Waals surface area contributed by atoms with E-state index < -0.39 is 5.92 Å². The molecule has 1 unspecified atom stereocenters. The number of nitrogens with one attached hydrogen (secondary N) is 1. The van der Waals surface area contributed by atoms with Crippen molar-refractivity contribution in [3.05, 3.63) is 52.0 Å². The van der Waals surface area contributed by atoms with Gasteiger partial charge in [-0.1, -0.05) is 13.0 Å². The van der Waals surface area contributed by atoms with Gasteiger partial charge in [-0.25, -0.2) is 0 Å². The Kier molecular flexibility index (Phi) is 4.11. The summed E-state index contributed by atoms with van der Waals surface area (Å²) in [6.07, 6.45) is 0.858. The molecule has 2 aromatic rings. The van der Waals surface area contributed by atoms with Crippen molar-refractivity contribution in [2.24, 2.45) is 0 Å². The lowest BCUT2D eigenvalue weighted by Crippen LogP contribution is -2.29. The molecule has 0 radical (unpaired) electrons. The van der Waals surface area contributed by atoms with E-state index in [1.807, 2.05) is 32.8 Å². The molecular formula is C20H23N2O3-. The van der Waals surface area contributed by atoms with Gasteiger partial charge in [0.1, 0.15) is 11.7 Å². The highest BCUT2D eigenvalue weighted by Crippen LogP contribution is 2.46. The zero-order chi connectivity index (χ0) is 18.5. The number of nitrogens with zero attached hydrogens (tertiary/aromatic N) is 1. The molecule has 1 atom stereocenters. The summed E-state index contributed by atoms with van der Waals surface area (Å²) in [5, 5.41) is 22.9. The lowest BCUT2D eigenvalue weighted by molar-refractivity contribution is -0.269. The lowest BCUT2D eigenvalue weighted by atomic mass is 9.75. The monoisotopic (exact) mass is 339 g/mol. The molecule has 0 amide bonds. The molecule has 0 spiro atoms. The largest absolute Gasteiger partial charge is 0.872 e. The molecule has 1 aliphatic carbocycles. The van der Waals surface area contributed by atoms with Crippen molar-refractivity contribution in [3.8, 4) is 5.75 Å². The van der Waals surface area contributed by atoms with Crippen molar-refractivity contribution in [2.75, 3.05) is 19.0 Å². The number of Topliss-reactive ketones (excluding diaryl/α,β-unsaturated/α-hetero) is 1. The predicted octanol–water partition coefficient (Wildman–Crippen LogP) is 2.97. The third kappa shape index (κ3) is 2.51. The van der Waals surface area contributed by atoms with E-state index in [4.69, 9.17) is 0 Å². The zero-order valence-electron chi connectivity index (χ0n) is 15.2. The summed E-state index contributed by atoms with van der Waals surface area (Å²) in [5.74, 6) is -1.32. The number of H-pyrrole nitrogens is 1. The van der Waals surface area contributed by atoms with Crippen LogP contribution in [0.3, 0.4) is 0 Å². The SMILES string of the molecule is CCc1c(C)[nH]c(C2=C(O)C(c3ccc(N(C)C)cc3[O-])C2=O)c1C. The van der Waals surface area contributed by atoms with Gasteiger partial charge in [0, 0.05) is 25.5 Å². The molecule has 1 aliphatic rings. The number of aryl methyl sites for hydroxylation is 1. The van der Waals surface area contributed by atoms with Crippen LogP contribution in [0.25, 0.3) is 5.57 Å². The molecule has 0 bridgehead atoms. The Morgan fingerprint density at radius 1 is 1.28 bits per heavy atom. The number of benzene rings is 1. The fourth-order valence-corrected chi connectivity index (χ4v) is 3.61. The Balaban J connectivity index is 2.02. The summed E-state index contributed by atoms with van der Waals surface area (Å²) in [7, 11) is 3.69. The second kappa shape index (κ2) is 5.99. The van der Waals surface area contributed by atoms with Crippen LogP contribution < -0.4 is 10.0 Å². The number of anilines is 1. The minimum atomic E-state index is -0.855. The van der Waals surface area contributed by atoms with Crippen LogP contribution in [0, 0.1) is 13.8 Å². The maximum Gasteiger partial charge on any atom is 0.183 e. The smallest absolute Gasteiger partial charge is 0.183 e. The fraction of sp³-hybridized carbons (Fsp3) is 0.350. The molecule has 25 heavy (non-hydrogen) atoms. The number of carbonyl (C=O) groups excluding carboxylic acids is 1. The van der Waals surface area contributed by atoms with Crippen molar-refractivity contribution in [1.29, 1.82) is 0 Å². The van der Waals surface area contributed by atoms with E-state index in [0.29, 0.717) is 16.8 Å². The summed E-state index contributed by atoms with van der Waals surface area (Å²) in [6.45, 7) is 5.97. The standard InChI is InChI=1S/C20H24N2O3/c1-6-13-10(2)18(21-11(13)3)17-19(24)16(20(17)25)14-8-7-12(22(4)5)9-15(14)23/h7-9,16,21,23-24H,6H2,1-5H3/p-1. The second-order valence-corrected chi connectivity index (χ2v) is 6.76. The van der Waals surface area contributed by atoms with Gasteiger partial charge in [-0.15, -0.1) is 5.75 Å². The number of carbonyl (C=O) groups is 1. The molecule has 0 saturated carbocycles. The lowest BCUT2D eigenvalue weighted by Gasteiger charge is -2.31. The second-order valence-electron chi connectivity index (χ2n) is 6.76. The number of rotatable bonds is 4. The first-order valence-corrected chi connectivity index (χ1v) is 8.41. The summed E-state index contributed by atoms with van der Waals surface area (Å²) in [6, 6.07) is 4.92. The summed E-state index contributed by atoms with van der Waals surface area (Å²) in [5.41, 5.74) is 5.23. The van der Waals surface area contributed by atoms with Gasteiger partial charge in [0.2, 0.25) is 0 Å². The molecular weight excluding hydrogens is 316 g/mol. The van der Waals surface area contributed by atoms with Gasteiger partial charge in [0.15, 0.2) is 5.78 Å². The number of aromatic amines is 1. The molecule has 2 N–H and O–H groups in total. The van der Waals surface area contributed by atoms with Crippen LogP contribution in [0.2, 0.25) is 0 Å². The van der Waals surface area contributed by atoms with Crippen molar-refractivity contribution in [1.82, 2.24) is 4.98 Å². The van der Waals surface area contributed by atoms with Crippen LogP contribution in [0.15, 0.2) is 24.0 Å². The molecule has 0 aliphatic heterocycles. The first-order chi connectivity index (χ1) is 11.8. The van der Waals surface area contributed by atoms with Gasteiger partial charge in [0.25, 0.3) is 0 Å². The summed E-state index contributed by atoms with van der Waals surface area (Å²) in [4.78, 5) is 17.8. The van der Waals surface area contributed by atoms with E-state index in [1.165, 1.54) is 6.07 Å². The van der Waals surface area contributed by atoms with Crippen LogP contribution in [0.5, 0.6) is 5.75 Å². The molecule has 0 fully saturated rings. The quantitative estimate of drug-likeness (QED) is 0.897. The molecule has 0 saturated heterocycles. The zero-order valence-corrected chi connectivity index (χ0v) is 15.2. The highest BCUT2D eigenvalue weighted by Gasteiger charge is 2.43. The van der Waals surface area contributed by atoms with Crippen molar-refractivity contribution in [3.63, 3.8) is 0 Å². The van der Waals surface area contributed by atoms with Gasteiger partial charge in [-0.2, -0.15) is 0 Å².